The standard InChI is InChI=1S/C15H14F2N2S/c1-9-3-4-11(7-10(9)2)18-15(20)19-12-5-6-13(16)14(17)8-12/h3-8H,1-2H3,(H2,18,19,20). The molecule has 0 aromatic heterocycles. The van der Waals surface area contributed by atoms with Gasteiger partial charge in [-0.05, 0) is 61.5 Å². The number of hydrogen-bond acceptors (Lipinski definition) is 1. The quantitative estimate of drug-likeness (QED) is 0.803. The van der Waals surface area contributed by atoms with E-state index >= 15 is 0 Å². The Morgan fingerprint density at radius 1 is 0.850 bits per heavy atom. The Morgan fingerprint density at radius 2 is 1.45 bits per heavy atom. The molecule has 0 aliphatic carbocycles. The molecule has 0 saturated heterocycles. The Morgan fingerprint density at radius 3 is 2.05 bits per heavy atom. The van der Waals surface area contributed by atoms with E-state index < -0.39 is 11.6 Å². The minimum Gasteiger partial charge on any atom is -0.332 e. The Bertz CT molecular complexity index is 601. The molecular formula is C15H14F2N2S. The summed E-state index contributed by atoms with van der Waals surface area (Å²) >= 11 is 5.13. The number of rotatable bonds is 2. The Balaban J connectivity index is 2.04. The average molecular weight is 292 g/mol. The van der Waals surface area contributed by atoms with Crippen LogP contribution in [0.15, 0.2) is 36.4 Å². The van der Waals surface area contributed by atoms with Gasteiger partial charge in [0.05, 0.1) is 0 Å². The fourth-order valence-corrected chi connectivity index (χ4v) is 1.92. The van der Waals surface area contributed by atoms with Crippen LogP contribution in [0.5, 0.6) is 0 Å². The number of thiocarbonyl (C=S) groups is 1. The molecular weight excluding hydrogens is 278 g/mol. The van der Waals surface area contributed by atoms with Crippen LogP contribution in [-0.2, 0) is 0 Å². The van der Waals surface area contributed by atoms with E-state index in [1.807, 2.05) is 32.0 Å². The minimum atomic E-state index is -0.913. The first-order valence-electron chi connectivity index (χ1n) is 6.06. The molecule has 0 atom stereocenters. The lowest BCUT2D eigenvalue weighted by atomic mass is 10.1. The lowest BCUT2D eigenvalue weighted by Gasteiger charge is -2.12. The first kappa shape index (κ1) is 14.4. The molecule has 0 bridgehead atoms. The topological polar surface area (TPSA) is 24.1 Å². The van der Waals surface area contributed by atoms with Gasteiger partial charge >= 0.3 is 0 Å². The van der Waals surface area contributed by atoms with Crippen LogP contribution in [0.1, 0.15) is 11.1 Å². The van der Waals surface area contributed by atoms with Gasteiger partial charge < -0.3 is 10.6 Å². The first-order valence-corrected chi connectivity index (χ1v) is 6.47. The van der Waals surface area contributed by atoms with Gasteiger partial charge in [0, 0.05) is 17.4 Å². The van der Waals surface area contributed by atoms with Gasteiger partial charge in [0.25, 0.3) is 0 Å². The number of benzene rings is 2. The second kappa shape index (κ2) is 5.96. The van der Waals surface area contributed by atoms with Crippen LogP contribution < -0.4 is 10.6 Å². The molecule has 20 heavy (non-hydrogen) atoms. The van der Waals surface area contributed by atoms with E-state index in [2.05, 4.69) is 10.6 Å². The van der Waals surface area contributed by atoms with E-state index in [1.54, 1.807) is 0 Å². The van der Waals surface area contributed by atoms with Gasteiger partial charge in [-0.15, -0.1) is 0 Å². The highest BCUT2D eigenvalue weighted by Gasteiger charge is 2.04. The zero-order valence-corrected chi connectivity index (χ0v) is 11.9. The molecule has 0 aliphatic heterocycles. The van der Waals surface area contributed by atoms with Crippen molar-refractivity contribution in [2.45, 2.75) is 13.8 Å². The van der Waals surface area contributed by atoms with Gasteiger partial charge in [0.2, 0.25) is 0 Å². The lowest BCUT2D eigenvalue weighted by Crippen LogP contribution is -2.19. The third kappa shape index (κ3) is 3.51. The second-order valence-electron chi connectivity index (χ2n) is 4.51. The molecule has 0 spiro atoms. The summed E-state index contributed by atoms with van der Waals surface area (Å²) < 4.78 is 25.9. The third-order valence-corrected chi connectivity index (χ3v) is 3.15. The maximum Gasteiger partial charge on any atom is 0.175 e. The summed E-state index contributed by atoms with van der Waals surface area (Å²) in [6, 6.07) is 9.39. The zero-order valence-electron chi connectivity index (χ0n) is 11.1. The molecule has 104 valence electrons. The fraction of sp³-hybridized carbons (Fsp3) is 0.133. The summed E-state index contributed by atoms with van der Waals surface area (Å²) in [6.45, 7) is 4.03. The van der Waals surface area contributed by atoms with Crippen LogP contribution in [0.25, 0.3) is 0 Å². The normalized spacial score (nSPS) is 10.2. The molecule has 0 fully saturated rings. The third-order valence-electron chi connectivity index (χ3n) is 2.94. The molecule has 2 nitrogen and oxygen atoms in total. The summed E-state index contributed by atoms with van der Waals surface area (Å²) in [6.07, 6.45) is 0. The van der Waals surface area contributed by atoms with Crippen LogP contribution in [-0.4, -0.2) is 5.11 Å². The smallest absolute Gasteiger partial charge is 0.175 e. The van der Waals surface area contributed by atoms with Crippen LogP contribution >= 0.6 is 12.2 Å². The van der Waals surface area contributed by atoms with E-state index in [0.717, 1.165) is 23.4 Å². The Hall–Kier alpha value is -2.01. The van der Waals surface area contributed by atoms with Crippen molar-refractivity contribution in [3.8, 4) is 0 Å². The number of hydrogen-bond donors (Lipinski definition) is 2. The number of aryl methyl sites for hydroxylation is 2. The van der Waals surface area contributed by atoms with Crippen LogP contribution in [0, 0.1) is 25.5 Å². The Kier molecular flexibility index (Phi) is 4.29. The average Bonchev–Trinajstić information content (AvgIpc) is 2.38. The van der Waals surface area contributed by atoms with Crippen molar-refractivity contribution < 1.29 is 8.78 Å². The molecule has 0 amide bonds. The molecule has 2 aromatic carbocycles. The number of anilines is 2. The summed E-state index contributed by atoms with van der Waals surface area (Å²) in [4.78, 5) is 0. The summed E-state index contributed by atoms with van der Waals surface area (Å²) in [5.41, 5.74) is 3.57. The minimum absolute atomic E-state index is 0.319. The maximum atomic E-state index is 13.1. The molecule has 2 N–H and O–H groups in total. The van der Waals surface area contributed by atoms with Crippen molar-refractivity contribution in [2.24, 2.45) is 0 Å². The van der Waals surface area contributed by atoms with Crippen molar-refractivity contribution in [2.75, 3.05) is 10.6 Å². The summed E-state index contributed by atoms with van der Waals surface area (Å²) in [7, 11) is 0. The highest BCUT2D eigenvalue weighted by Crippen LogP contribution is 2.16. The summed E-state index contributed by atoms with van der Waals surface area (Å²) in [5, 5.41) is 6.12. The lowest BCUT2D eigenvalue weighted by molar-refractivity contribution is 0.509. The van der Waals surface area contributed by atoms with E-state index in [0.29, 0.717) is 10.8 Å². The highest BCUT2D eigenvalue weighted by atomic mass is 32.1. The van der Waals surface area contributed by atoms with E-state index in [1.165, 1.54) is 11.6 Å². The molecule has 2 aromatic rings. The van der Waals surface area contributed by atoms with Crippen LogP contribution in [0.2, 0.25) is 0 Å². The molecule has 0 aliphatic rings. The number of nitrogens with one attached hydrogen (secondary N) is 2. The zero-order chi connectivity index (χ0) is 14.7. The monoisotopic (exact) mass is 292 g/mol. The van der Waals surface area contributed by atoms with Crippen molar-refractivity contribution >= 4 is 28.7 Å². The molecule has 2 rings (SSSR count). The van der Waals surface area contributed by atoms with Crippen molar-refractivity contribution in [3.63, 3.8) is 0 Å². The van der Waals surface area contributed by atoms with Gasteiger partial charge in [-0.25, -0.2) is 8.78 Å². The van der Waals surface area contributed by atoms with Crippen molar-refractivity contribution in [1.29, 1.82) is 0 Å². The largest absolute Gasteiger partial charge is 0.332 e. The SMILES string of the molecule is Cc1ccc(NC(=S)Nc2ccc(F)c(F)c2)cc1C. The van der Waals surface area contributed by atoms with Gasteiger partial charge in [-0.3, -0.25) is 0 Å². The Labute approximate surface area is 121 Å². The first-order chi connectivity index (χ1) is 9.45. The molecule has 0 heterocycles. The molecule has 0 unspecified atom stereocenters. The predicted molar refractivity (Wildman–Crippen MR) is 82.1 cm³/mol. The van der Waals surface area contributed by atoms with Crippen molar-refractivity contribution in [1.82, 2.24) is 0 Å². The summed E-state index contributed by atoms with van der Waals surface area (Å²) in [5.74, 6) is -1.80. The van der Waals surface area contributed by atoms with Gasteiger partial charge in [-0.2, -0.15) is 0 Å². The molecule has 5 heteroatoms. The second-order valence-corrected chi connectivity index (χ2v) is 4.92. The predicted octanol–water partition coefficient (Wildman–Crippen LogP) is 4.39. The van der Waals surface area contributed by atoms with Crippen molar-refractivity contribution in [3.05, 3.63) is 59.2 Å². The van der Waals surface area contributed by atoms with Crippen LogP contribution in [0.3, 0.4) is 0 Å². The van der Waals surface area contributed by atoms with Gasteiger partial charge in [-0.1, -0.05) is 6.07 Å². The maximum absolute atomic E-state index is 13.1. The molecule has 0 saturated carbocycles. The van der Waals surface area contributed by atoms with E-state index in [4.69, 9.17) is 12.2 Å². The van der Waals surface area contributed by atoms with E-state index in [-0.39, 0.29) is 0 Å². The van der Waals surface area contributed by atoms with Crippen LogP contribution in [0.4, 0.5) is 20.2 Å². The number of halogens is 2. The highest BCUT2D eigenvalue weighted by molar-refractivity contribution is 7.80. The van der Waals surface area contributed by atoms with Gasteiger partial charge in [0.1, 0.15) is 0 Å². The van der Waals surface area contributed by atoms with E-state index in [9.17, 15) is 8.78 Å². The molecule has 0 radical (unpaired) electrons. The fourth-order valence-electron chi connectivity index (χ4n) is 1.69. The van der Waals surface area contributed by atoms with Gasteiger partial charge in [0.15, 0.2) is 16.7 Å².